The van der Waals surface area contributed by atoms with Gasteiger partial charge < -0.3 is 15.7 Å². The normalized spacial score (nSPS) is 16.5. The SMILES string of the molecule is CN[C@H](C(=O)N[C@H](C(=O)C[C@H](/C=C(\C)C(=O)O)C(C)C)C(C)(C)C)C(C)(C)C. The Kier molecular flexibility index (Phi) is 9.58. The monoisotopic (exact) mass is 396 g/mol. The molecule has 0 saturated heterocycles. The van der Waals surface area contributed by atoms with Gasteiger partial charge in [-0.15, -0.1) is 0 Å². The summed E-state index contributed by atoms with van der Waals surface area (Å²) in [5.74, 6) is -1.37. The highest BCUT2D eigenvalue weighted by Gasteiger charge is 2.37. The van der Waals surface area contributed by atoms with Crippen molar-refractivity contribution in [2.24, 2.45) is 22.7 Å². The zero-order chi connectivity index (χ0) is 22.4. The van der Waals surface area contributed by atoms with Crippen molar-refractivity contribution in [1.82, 2.24) is 10.6 Å². The standard InChI is InChI=1S/C22H40N2O4/c1-13(2)15(11-14(3)20(27)28)12-16(25)17(21(4,5)6)24-19(26)18(23-10)22(7,8)9/h11,13,15,17-18,23H,12H2,1-10H3,(H,24,26)(H,27,28)/b14-11+/t15-,17+,18+/m0/s1. The van der Waals surface area contributed by atoms with E-state index in [9.17, 15) is 14.4 Å². The first-order valence-corrected chi connectivity index (χ1v) is 9.94. The van der Waals surface area contributed by atoms with Gasteiger partial charge in [0.15, 0.2) is 5.78 Å². The number of carboxylic acids is 1. The lowest BCUT2D eigenvalue weighted by Crippen LogP contribution is -2.57. The van der Waals surface area contributed by atoms with Crippen LogP contribution in [0.1, 0.15) is 68.7 Å². The average Bonchev–Trinajstić information content (AvgIpc) is 2.49. The van der Waals surface area contributed by atoms with Crippen molar-refractivity contribution in [3.8, 4) is 0 Å². The third kappa shape index (κ3) is 8.13. The highest BCUT2D eigenvalue weighted by atomic mass is 16.4. The molecule has 0 saturated carbocycles. The van der Waals surface area contributed by atoms with Crippen LogP contribution in [0.2, 0.25) is 0 Å². The van der Waals surface area contributed by atoms with Gasteiger partial charge in [-0.3, -0.25) is 9.59 Å². The van der Waals surface area contributed by atoms with Gasteiger partial charge in [-0.05, 0) is 36.6 Å². The van der Waals surface area contributed by atoms with E-state index in [-0.39, 0.29) is 40.9 Å². The largest absolute Gasteiger partial charge is 0.478 e. The Morgan fingerprint density at radius 3 is 1.75 bits per heavy atom. The topological polar surface area (TPSA) is 95.5 Å². The second-order valence-electron chi connectivity index (χ2n) is 10.1. The third-order valence-electron chi connectivity index (χ3n) is 4.99. The summed E-state index contributed by atoms with van der Waals surface area (Å²) in [6.45, 7) is 17.1. The number of rotatable bonds is 9. The van der Waals surface area contributed by atoms with Gasteiger partial charge in [0.05, 0.1) is 12.1 Å². The van der Waals surface area contributed by atoms with Crippen LogP contribution in [0.25, 0.3) is 0 Å². The Balaban J connectivity index is 5.62. The van der Waals surface area contributed by atoms with E-state index >= 15 is 0 Å². The Morgan fingerprint density at radius 2 is 1.43 bits per heavy atom. The van der Waals surface area contributed by atoms with Crippen molar-refractivity contribution < 1.29 is 19.5 Å². The van der Waals surface area contributed by atoms with Crippen LogP contribution in [0.15, 0.2) is 11.6 Å². The fraction of sp³-hybridized carbons (Fsp3) is 0.773. The molecule has 6 heteroatoms. The number of carboxylic acid groups (broad SMARTS) is 1. The molecule has 1 amide bonds. The number of nitrogens with one attached hydrogen (secondary N) is 2. The van der Waals surface area contributed by atoms with Gasteiger partial charge in [0.1, 0.15) is 0 Å². The summed E-state index contributed by atoms with van der Waals surface area (Å²) in [6.07, 6.45) is 1.84. The molecule has 0 aliphatic rings. The van der Waals surface area contributed by atoms with Crippen LogP contribution in [0.5, 0.6) is 0 Å². The van der Waals surface area contributed by atoms with Crippen LogP contribution in [0.4, 0.5) is 0 Å². The van der Waals surface area contributed by atoms with Crippen molar-refractivity contribution in [3.05, 3.63) is 11.6 Å². The maximum atomic E-state index is 13.1. The maximum Gasteiger partial charge on any atom is 0.330 e. The Morgan fingerprint density at radius 1 is 0.964 bits per heavy atom. The average molecular weight is 397 g/mol. The van der Waals surface area contributed by atoms with Gasteiger partial charge in [0, 0.05) is 12.0 Å². The van der Waals surface area contributed by atoms with Crippen molar-refractivity contribution in [2.45, 2.75) is 80.8 Å². The molecule has 28 heavy (non-hydrogen) atoms. The number of hydrogen-bond acceptors (Lipinski definition) is 4. The molecule has 0 aliphatic carbocycles. The van der Waals surface area contributed by atoms with Crippen molar-refractivity contribution in [3.63, 3.8) is 0 Å². The zero-order valence-corrected chi connectivity index (χ0v) is 19.3. The summed E-state index contributed by atoms with van der Waals surface area (Å²) in [6, 6.07) is -1.09. The van der Waals surface area contributed by atoms with Gasteiger partial charge in [0.2, 0.25) is 5.91 Å². The lowest BCUT2D eigenvalue weighted by Gasteiger charge is -2.35. The first-order chi connectivity index (χ1) is 12.5. The molecule has 0 aliphatic heterocycles. The van der Waals surface area contributed by atoms with Crippen molar-refractivity contribution in [1.29, 1.82) is 0 Å². The number of ketones is 1. The second kappa shape index (κ2) is 10.2. The van der Waals surface area contributed by atoms with Crippen LogP contribution >= 0.6 is 0 Å². The Bertz CT molecular complexity index is 595. The molecule has 0 heterocycles. The van der Waals surface area contributed by atoms with E-state index in [1.165, 1.54) is 6.92 Å². The molecule has 0 spiro atoms. The van der Waals surface area contributed by atoms with Crippen LogP contribution in [-0.4, -0.2) is 41.9 Å². The van der Waals surface area contributed by atoms with Crippen molar-refractivity contribution in [2.75, 3.05) is 7.05 Å². The predicted molar refractivity (Wildman–Crippen MR) is 113 cm³/mol. The van der Waals surface area contributed by atoms with E-state index < -0.39 is 23.5 Å². The molecule has 162 valence electrons. The van der Waals surface area contributed by atoms with E-state index in [0.717, 1.165) is 0 Å². The quantitative estimate of drug-likeness (QED) is 0.519. The van der Waals surface area contributed by atoms with Crippen LogP contribution in [-0.2, 0) is 14.4 Å². The molecule has 0 bridgehead atoms. The lowest BCUT2D eigenvalue weighted by molar-refractivity contribution is -0.133. The third-order valence-corrected chi connectivity index (χ3v) is 4.99. The summed E-state index contributed by atoms with van der Waals surface area (Å²) in [7, 11) is 1.73. The van der Waals surface area contributed by atoms with Crippen molar-refractivity contribution >= 4 is 17.7 Å². The predicted octanol–water partition coefficient (Wildman–Crippen LogP) is 3.41. The number of Topliss-reactive ketones (excluding diaryl/α,β-unsaturated/α-hetero) is 1. The number of carbonyl (C=O) groups excluding carboxylic acids is 2. The van der Waals surface area contributed by atoms with Gasteiger partial charge in [-0.25, -0.2) is 4.79 Å². The molecule has 0 unspecified atom stereocenters. The molecule has 6 nitrogen and oxygen atoms in total. The van der Waals surface area contributed by atoms with Gasteiger partial charge >= 0.3 is 5.97 Å². The smallest absolute Gasteiger partial charge is 0.330 e. The van der Waals surface area contributed by atoms with E-state index in [1.807, 2.05) is 55.4 Å². The molecule has 0 aromatic carbocycles. The summed E-state index contributed by atoms with van der Waals surface area (Å²) in [5, 5.41) is 15.1. The van der Waals surface area contributed by atoms with E-state index in [4.69, 9.17) is 5.11 Å². The Labute approximate surface area is 170 Å². The minimum atomic E-state index is -0.985. The van der Waals surface area contributed by atoms with E-state index in [2.05, 4.69) is 10.6 Å². The Hall–Kier alpha value is -1.69. The molecule has 0 radical (unpaired) electrons. The van der Waals surface area contributed by atoms with Gasteiger partial charge in [-0.2, -0.15) is 0 Å². The minimum Gasteiger partial charge on any atom is -0.478 e. The van der Waals surface area contributed by atoms with Crippen LogP contribution < -0.4 is 10.6 Å². The fourth-order valence-electron chi connectivity index (χ4n) is 3.19. The summed E-state index contributed by atoms with van der Waals surface area (Å²) in [5.41, 5.74) is -0.534. The van der Waals surface area contributed by atoms with Gasteiger partial charge in [0.25, 0.3) is 0 Å². The van der Waals surface area contributed by atoms with Crippen LogP contribution in [0, 0.1) is 22.7 Å². The molecule has 0 fully saturated rings. The first kappa shape index (κ1) is 26.3. The molecular weight excluding hydrogens is 356 g/mol. The number of hydrogen-bond donors (Lipinski definition) is 3. The highest BCUT2D eigenvalue weighted by Crippen LogP contribution is 2.27. The van der Waals surface area contributed by atoms with E-state index in [0.29, 0.717) is 0 Å². The lowest BCUT2D eigenvalue weighted by atomic mass is 9.78. The fourth-order valence-corrected chi connectivity index (χ4v) is 3.19. The number of allylic oxidation sites excluding steroid dienone is 1. The van der Waals surface area contributed by atoms with E-state index in [1.54, 1.807) is 13.1 Å². The first-order valence-electron chi connectivity index (χ1n) is 9.94. The number of amides is 1. The molecular formula is C22H40N2O4. The summed E-state index contributed by atoms with van der Waals surface area (Å²) < 4.78 is 0. The number of aliphatic carboxylic acids is 1. The van der Waals surface area contributed by atoms with Crippen LogP contribution in [0.3, 0.4) is 0 Å². The van der Waals surface area contributed by atoms with Gasteiger partial charge in [-0.1, -0.05) is 61.5 Å². The molecule has 3 atom stereocenters. The summed E-state index contributed by atoms with van der Waals surface area (Å²) >= 11 is 0. The molecule has 3 N–H and O–H groups in total. The molecule has 0 rings (SSSR count). The number of likely N-dealkylation sites (N-methyl/N-ethyl adjacent to an activating group) is 1. The maximum absolute atomic E-state index is 13.1. The molecule has 0 aromatic rings. The highest BCUT2D eigenvalue weighted by molar-refractivity contribution is 5.92. The summed E-state index contributed by atoms with van der Waals surface area (Å²) in [4.78, 5) is 37.2. The zero-order valence-electron chi connectivity index (χ0n) is 19.3. The number of carbonyl (C=O) groups is 3. The second-order valence-corrected chi connectivity index (χ2v) is 10.1. The minimum absolute atomic E-state index is 0.0854. The molecule has 0 aromatic heterocycles.